The van der Waals surface area contributed by atoms with Gasteiger partial charge >= 0.3 is 0 Å². The lowest BCUT2D eigenvalue weighted by atomic mass is 10.1. The average molecular weight is 399 g/mol. The number of oxazole rings is 1. The van der Waals surface area contributed by atoms with E-state index in [1.165, 1.54) is 0 Å². The van der Waals surface area contributed by atoms with Gasteiger partial charge in [-0.15, -0.1) is 0 Å². The molecular weight excluding hydrogens is 382 g/mol. The number of nitrogen functional groups attached to an aromatic ring is 1. The molecule has 0 aliphatic rings. The minimum Gasteiger partial charge on any atom is -0.436 e. The van der Waals surface area contributed by atoms with Gasteiger partial charge in [-0.05, 0) is 24.6 Å². The summed E-state index contributed by atoms with van der Waals surface area (Å²) in [6.07, 6.45) is 5.30. The summed E-state index contributed by atoms with van der Waals surface area (Å²) < 4.78 is 37.8. The lowest BCUT2D eigenvalue weighted by Gasteiger charge is -2.04. The maximum absolute atomic E-state index is 10.8. The fourth-order valence-electron chi connectivity index (χ4n) is 2.84. The molecular formula is C18H17N5O4S. The number of nitrogens with two attached hydrogens (primary N) is 1. The number of nitrogens with zero attached hydrogens (tertiary/aromatic N) is 4. The summed E-state index contributed by atoms with van der Waals surface area (Å²) in [5, 5.41) is 4.21. The van der Waals surface area contributed by atoms with Crippen LogP contribution in [0.5, 0.6) is 0 Å². The van der Waals surface area contributed by atoms with Gasteiger partial charge in [-0.1, -0.05) is 12.1 Å². The van der Waals surface area contributed by atoms with Gasteiger partial charge in [0.25, 0.3) is 10.1 Å². The molecule has 10 heteroatoms. The quantitative estimate of drug-likeness (QED) is 0.472. The van der Waals surface area contributed by atoms with Gasteiger partial charge in [0, 0.05) is 30.1 Å². The van der Waals surface area contributed by atoms with Gasteiger partial charge in [0.1, 0.15) is 11.3 Å². The molecule has 4 rings (SSSR count). The Bertz CT molecular complexity index is 1210. The second-order valence-corrected chi connectivity index (χ2v) is 7.85. The second-order valence-electron chi connectivity index (χ2n) is 6.28. The van der Waals surface area contributed by atoms with E-state index in [4.69, 9.17) is 14.7 Å². The molecule has 4 aromatic rings. The summed E-state index contributed by atoms with van der Waals surface area (Å²) in [4.78, 5) is 8.69. The van der Waals surface area contributed by atoms with Gasteiger partial charge < -0.3 is 10.2 Å². The fourth-order valence-corrected chi connectivity index (χ4v) is 3.33. The van der Waals surface area contributed by atoms with Crippen LogP contribution in [0.2, 0.25) is 0 Å². The molecule has 0 amide bonds. The summed E-state index contributed by atoms with van der Waals surface area (Å²) in [7, 11) is -3.97. The maximum Gasteiger partial charge on any atom is 0.264 e. The first-order valence-electron chi connectivity index (χ1n) is 8.48. The molecule has 0 radical (unpaired) electrons. The lowest BCUT2D eigenvalue weighted by molar-refractivity contribution is 0.476. The average Bonchev–Trinajstić information content (AvgIpc) is 3.28. The van der Waals surface area contributed by atoms with Crippen LogP contribution in [0.1, 0.15) is 6.42 Å². The van der Waals surface area contributed by atoms with Crippen LogP contribution in [0, 0.1) is 0 Å². The predicted molar refractivity (Wildman–Crippen MR) is 104 cm³/mol. The number of anilines is 1. The summed E-state index contributed by atoms with van der Waals surface area (Å²) in [5.41, 5.74) is 9.55. The molecule has 1 aromatic carbocycles. The Balaban J connectivity index is 1.60. The van der Waals surface area contributed by atoms with Crippen molar-refractivity contribution in [3.8, 4) is 22.6 Å². The van der Waals surface area contributed by atoms with Crippen LogP contribution in [0.25, 0.3) is 33.7 Å². The number of hydrogen-bond donors (Lipinski definition) is 2. The predicted octanol–water partition coefficient (Wildman–Crippen LogP) is 2.61. The number of benzene rings is 1. The van der Waals surface area contributed by atoms with E-state index in [-0.39, 0.29) is 12.2 Å². The zero-order valence-corrected chi connectivity index (χ0v) is 15.5. The minimum atomic E-state index is -3.97. The van der Waals surface area contributed by atoms with Crippen LogP contribution in [0.15, 0.2) is 53.3 Å². The normalized spacial score (nSPS) is 11.9. The van der Waals surface area contributed by atoms with E-state index in [0.717, 1.165) is 16.6 Å². The fraction of sp³-hybridized carbons (Fsp3) is 0.167. The Morgan fingerprint density at radius 3 is 2.79 bits per heavy atom. The van der Waals surface area contributed by atoms with Gasteiger partial charge in [-0.2, -0.15) is 13.5 Å². The molecule has 0 saturated heterocycles. The molecule has 3 N–H and O–H groups in total. The first kappa shape index (κ1) is 18.1. The van der Waals surface area contributed by atoms with E-state index in [0.29, 0.717) is 29.4 Å². The number of aromatic nitrogens is 4. The van der Waals surface area contributed by atoms with Crippen LogP contribution in [0.4, 0.5) is 5.82 Å². The number of para-hydroxylation sites is 2. The van der Waals surface area contributed by atoms with Crippen molar-refractivity contribution >= 4 is 27.0 Å². The van der Waals surface area contributed by atoms with E-state index in [1.807, 2.05) is 30.3 Å². The molecule has 28 heavy (non-hydrogen) atoms. The third-order valence-corrected chi connectivity index (χ3v) is 5.00. The van der Waals surface area contributed by atoms with E-state index >= 15 is 0 Å². The van der Waals surface area contributed by atoms with Gasteiger partial charge in [0.2, 0.25) is 5.89 Å². The van der Waals surface area contributed by atoms with Crippen molar-refractivity contribution in [1.29, 1.82) is 0 Å². The van der Waals surface area contributed by atoms with E-state index < -0.39 is 10.1 Å². The van der Waals surface area contributed by atoms with Gasteiger partial charge in [0.15, 0.2) is 5.58 Å². The zero-order valence-electron chi connectivity index (χ0n) is 14.7. The Hall–Kier alpha value is -3.24. The summed E-state index contributed by atoms with van der Waals surface area (Å²) >= 11 is 0. The van der Waals surface area contributed by atoms with Gasteiger partial charge in [-0.3, -0.25) is 9.23 Å². The molecule has 0 unspecified atom stereocenters. The van der Waals surface area contributed by atoms with Crippen molar-refractivity contribution in [2.75, 3.05) is 11.5 Å². The van der Waals surface area contributed by atoms with E-state index in [2.05, 4.69) is 15.1 Å². The summed E-state index contributed by atoms with van der Waals surface area (Å²) in [6, 6.07) is 9.25. The topological polar surface area (TPSA) is 137 Å². The van der Waals surface area contributed by atoms with Crippen molar-refractivity contribution < 1.29 is 17.4 Å². The van der Waals surface area contributed by atoms with Gasteiger partial charge in [-0.25, -0.2) is 9.97 Å². The highest BCUT2D eigenvalue weighted by atomic mass is 32.2. The number of hydrogen-bond acceptors (Lipinski definition) is 7. The maximum atomic E-state index is 10.8. The standard InChI is InChI=1S/C18H17N5O4S/c19-17-14(18-22-15-4-1-2-5-16(15)27-18)8-12(9-20-17)13-10-21-23(11-13)6-3-7-28(24,25)26/h1-2,4-5,8-11H,3,6-7H2,(H2,19,20)(H,24,25,26). The molecule has 0 aliphatic carbocycles. The molecule has 0 atom stereocenters. The lowest BCUT2D eigenvalue weighted by Crippen LogP contribution is -2.08. The number of rotatable bonds is 6. The van der Waals surface area contributed by atoms with E-state index in [1.54, 1.807) is 23.3 Å². The first-order valence-corrected chi connectivity index (χ1v) is 10.1. The highest BCUT2D eigenvalue weighted by Crippen LogP contribution is 2.31. The number of fused-ring (bicyclic) bond motifs is 1. The third kappa shape index (κ3) is 3.87. The SMILES string of the molecule is Nc1ncc(-c2cnn(CCCS(=O)(=O)O)c2)cc1-c1nc2ccccc2o1. The monoisotopic (exact) mass is 399 g/mol. The minimum absolute atomic E-state index is 0.258. The molecule has 0 spiro atoms. The van der Waals surface area contributed by atoms with Crippen molar-refractivity contribution in [3.63, 3.8) is 0 Å². The smallest absolute Gasteiger partial charge is 0.264 e. The van der Waals surface area contributed by atoms with Crippen LogP contribution in [-0.4, -0.2) is 38.5 Å². The first-order chi connectivity index (χ1) is 13.4. The number of aryl methyl sites for hydroxylation is 1. The molecule has 0 bridgehead atoms. The molecule has 0 aliphatic heterocycles. The van der Waals surface area contributed by atoms with Crippen LogP contribution in [0.3, 0.4) is 0 Å². The Morgan fingerprint density at radius 1 is 1.18 bits per heavy atom. The van der Waals surface area contributed by atoms with Crippen molar-refractivity contribution in [1.82, 2.24) is 19.7 Å². The molecule has 3 heterocycles. The highest BCUT2D eigenvalue weighted by molar-refractivity contribution is 7.85. The summed E-state index contributed by atoms with van der Waals surface area (Å²) in [6.45, 7) is 0.361. The summed E-state index contributed by atoms with van der Waals surface area (Å²) in [5.74, 6) is 0.373. The Morgan fingerprint density at radius 2 is 2.00 bits per heavy atom. The van der Waals surface area contributed by atoms with Crippen molar-refractivity contribution in [3.05, 3.63) is 48.9 Å². The Labute approximate surface area is 160 Å². The van der Waals surface area contributed by atoms with Gasteiger partial charge in [0.05, 0.1) is 17.5 Å². The van der Waals surface area contributed by atoms with Crippen molar-refractivity contribution in [2.24, 2.45) is 0 Å². The van der Waals surface area contributed by atoms with Crippen LogP contribution >= 0.6 is 0 Å². The third-order valence-electron chi connectivity index (χ3n) is 4.20. The highest BCUT2D eigenvalue weighted by Gasteiger charge is 2.14. The molecule has 0 fully saturated rings. The molecule has 144 valence electrons. The van der Waals surface area contributed by atoms with Crippen LogP contribution < -0.4 is 5.73 Å². The molecule has 9 nitrogen and oxygen atoms in total. The van der Waals surface area contributed by atoms with E-state index in [9.17, 15) is 8.42 Å². The molecule has 0 saturated carbocycles. The second kappa shape index (κ2) is 7.06. The van der Waals surface area contributed by atoms with Crippen LogP contribution in [-0.2, 0) is 16.7 Å². The largest absolute Gasteiger partial charge is 0.436 e. The molecule has 3 aromatic heterocycles. The zero-order chi connectivity index (χ0) is 19.7. The number of pyridine rings is 1. The van der Waals surface area contributed by atoms with Crippen molar-refractivity contribution in [2.45, 2.75) is 13.0 Å². The Kier molecular flexibility index (Phi) is 4.57.